The predicted molar refractivity (Wildman–Crippen MR) is 132 cm³/mol. The summed E-state index contributed by atoms with van der Waals surface area (Å²) < 4.78 is 7.16. The Balaban J connectivity index is 1.55. The third kappa shape index (κ3) is 5.71. The largest absolute Gasteiger partial charge is 0.497 e. The summed E-state index contributed by atoms with van der Waals surface area (Å²) in [6.07, 6.45) is 5.98. The van der Waals surface area contributed by atoms with Gasteiger partial charge in [-0.2, -0.15) is 5.10 Å². The van der Waals surface area contributed by atoms with Crippen LogP contribution in [0.5, 0.6) is 5.75 Å². The Morgan fingerprint density at radius 2 is 1.88 bits per heavy atom. The van der Waals surface area contributed by atoms with Crippen LogP contribution in [-0.4, -0.2) is 53.4 Å². The maximum atomic E-state index is 13.4. The summed E-state index contributed by atoms with van der Waals surface area (Å²) in [6, 6.07) is 17.7. The molecule has 0 spiro atoms. The molecule has 1 fully saturated rings. The van der Waals surface area contributed by atoms with Gasteiger partial charge in [-0.25, -0.2) is 4.68 Å². The second-order valence-corrected chi connectivity index (χ2v) is 8.73. The lowest BCUT2D eigenvalue weighted by Gasteiger charge is -2.31. The number of hydrogen-bond acceptors (Lipinski definition) is 4. The van der Waals surface area contributed by atoms with Gasteiger partial charge in [-0.15, -0.1) is 0 Å². The van der Waals surface area contributed by atoms with Crippen molar-refractivity contribution in [1.82, 2.24) is 20.0 Å². The Morgan fingerprint density at radius 3 is 2.58 bits per heavy atom. The molecule has 2 aromatic carbocycles. The molecule has 0 atom stereocenters. The third-order valence-electron chi connectivity index (χ3n) is 6.00. The summed E-state index contributed by atoms with van der Waals surface area (Å²) >= 11 is 0. The lowest BCUT2D eigenvalue weighted by Crippen LogP contribution is -2.44. The molecule has 0 saturated carbocycles. The quantitative estimate of drug-likeness (QED) is 0.536. The number of nitrogens with zero attached hydrogens (tertiary/aromatic N) is 3. The van der Waals surface area contributed by atoms with Crippen molar-refractivity contribution >= 4 is 5.91 Å². The predicted octanol–water partition coefficient (Wildman–Crippen LogP) is 4.71. The van der Waals surface area contributed by atoms with E-state index in [1.54, 1.807) is 11.8 Å². The topological polar surface area (TPSA) is 59.4 Å². The monoisotopic (exact) mass is 444 g/mol. The number of piperidine rings is 1. The van der Waals surface area contributed by atoms with Crippen LogP contribution >= 0.6 is 0 Å². The van der Waals surface area contributed by atoms with Crippen LogP contribution in [0.2, 0.25) is 0 Å². The summed E-state index contributed by atoms with van der Waals surface area (Å²) in [5.41, 5.74) is 4.32. The molecule has 4 rings (SSSR count). The number of hydrogen-bond donors (Lipinski definition) is 1. The molecule has 0 radical (unpaired) electrons. The van der Waals surface area contributed by atoms with Crippen LogP contribution in [0.15, 0.2) is 72.4 Å². The van der Waals surface area contributed by atoms with Crippen LogP contribution in [0.3, 0.4) is 0 Å². The zero-order valence-electron chi connectivity index (χ0n) is 19.6. The fourth-order valence-corrected chi connectivity index (χ4v) is 4.07. The van der Waals surface area contributed by atoms with Gasteiger partial charge in [-0.1, -0.05) is 42.0 Å². The number of aromatic nitrogens is 2. The van der Waals surface area contributed by atoms with E-state index in [4.69, 9.17) is 9.84 Å². The Hall–Kier alpha value is -3.38. The number of likely N-dealkylation sites (tertiary alicyclic amines) is 1. The first kappa shape index (κ1) is 22.8. The van der Waals surface area contributed by atoms with Crippen molar-refractivity contribution in [3.8, 4) is 22.7 Å². The van der Waals surface area contributed by atoms with Gasteiger partial charge in [0.05, 0.1) is 18.4 Å². The van der Waals surface area contributed by atoms with E-state index in [-0.39, 0.29) is 11.9 Å². The van der Waals surface area contributed by atoms with E-state index in [1.807, 2.05) is 60.8 Å². The summed E-state index contributed by atoms with van der Waals surface area (Å²) in [5, 5.41) is 8.04. The van der Waals surface area contributed by atoms with Gasteiger partial charge in [0.1, 0.15) is 11.4 Å². The SMILES string of the molecule is COc1cccc(-c2nn(-c3ccccc3)cc2C(=O)NC2CCN(CC=C(C)C)CC2)c1. The molecule has 0 bridgehead atoms. The Kier molecular flexibility index (Phi) is 7.25. The van der Waals surface area contributed by atoms with Crippen molar-refractivity contribution in [2.75, 3.05) is 26.7 Å². The first-order valence-electron chi connectivity index (χ1n) is 11.5. The highest BCUT2D eigenvalue weighted by molar-refractivity contribution is 6.00. The fraction of sp³-hybridized carbons (Fsp3) is 0.333. The minimum Gasteiger partial charge on any atom is -0.497 e. The molecule has 2 heterocycles. The molecule has 1 aromatic heterocycles. The molecule has 1 amide bonds. The van der Waals surface area contributed by atoms with Crippen LogP contribution in [0.25, 0.3) is 16.9 Å². The smallest absolute Gasteiger partial charge is 0.255 e. The second kappa shape index (κ2) is 10.5. The Bertz CT molecular complexity index is 1110. The molecule has 0 aliphatic carbocycles. The van der Waals surface area contributed by atoms with Gasteiger partial charge in [0.2, 0.25) is 0 Å². The molecule has 1 saturated heterocycles. The van der Waals surface area contributed by atoms with Crippen LogP contribution < -0.4 is 10.1 Å². The molecule has 172 valence electrons. The van der Waals surface area contributed by atoms with E-state index in [1.165, 1.54) is 5.57 Å². The number of rotatable bonds is 7. The number of methoxy groups -OCH3 is 1. The summed E-state index contributed by atoms with van der Waals surface area (Å²) in [6.45, 7) is 7.21. The van der Waals surface area contributed by atoms with Gasteiger partial charge in [-0.3, -0.25) is 9.69 Å². The Morgan fingerprint density at radius 1 is 1.12 bits per heavy atom. The van der Waals surface area contributed by atoms with Gasteiger partial charge in [-0.05, 0) is 51.0 Å². The molecule has 33 heavy (non-hydrogen) atoms. The van der Waals surface area contributed by atoms with Gasteiger partial charge in [0, 0.05) is 37.4 Å². The van der Waals surface area contributed by atoms with Crippen LogP contribution in [0.4, 0.5) is 0 Å². The van der Waals surface area contributed by atoms with E-state index in [0.29, 0.717) is 11.3 Å². The van der Waals surface area contributed by atoms with Crippen molar-refractivity contribution in [3.63, 3.8) is 0 Å². The Labute approximate surface area is 195 Å². The number of para-hydroxylation sites is 1. The average Bonchev–Trinajstić information content (AvgIpc) is 3.30. The molecular formula is C27H32N4O2. The molecule has 3 aromatic rings. The number of allylic oxidation sites excluding steroid dienone is 1. The van der Waals surface area contributed by atoms with E-state index in [9.17, 15) is 4.79 Å². The first-order valence-corrected chi connectivity index (χ1v) is 11.5. The first-order chi connectivity index (χ1) is 16.0. The van der Waals surface area contributed by atoms with Crippen molar-refractivity contribution in [2.24, 2.45) is 0 Å². The number of benzene rings is 2. The number of carbonyl (C=O) groups excluding carboxylic acids is 1. The molecule has 1 aliphatic heterocycles. The molecule has 6 heteroatoms. The average molecular weight is 445 g/mol. The minimum absolute atomic E-state index is 0.0854. The van der Waals surface area contributed by atoms with Crippen LogP contribution in [0.1, 0.15) is 37.0 Å². The second-order valence-electron chi connectivity index (χ2n) is 8.73. The molecule has 1 aliphatic rings. The van der Waals surface area contributed by atoms with Crippen molar-refractivity contribution in [3.05, 3.63) is 78.0 Å². The number of carbonyl (C=O) groups is 1. The zero-order chi connectivity index (χ0) is 23.2. The fourth-order valence-electron chi connectivity index (χ4n) is 4.07. The summed E-state index contributed by atoms with van der Waals surface area (Å²) in [4.78, 5) is 15.8. The highest BCUT2D eigenvalue weighted by atomic mass is 16.5. The van der Waals surface area contributed by atoms with E-state index >= 15 is 0 Å². The van der Waals surface area contributed by atoms with Gasteiger partial charge >= 0.3 is 0 Å². The van der Waals surface area contributed by atoms with Gasteiger partial charge in [0.25, 0.3) is 5.91 Å². The molecule has 6 nitrogen and oxygen atoms in total. The lowest BCUT2D eigenvalue weighted by molar-refractivity contribution is 0.0914. The minimum atomic E-state index is -0.0854. The molecular weight excluding hydrogens is 412 g/mol. The third-order valence-corrected chi connectivity index (χ3v) is 6.00. The van der Waals surface area contributed by atoms with E-state index in [2.05, 4.69) is 30.1 Å². The molecule has 1 N–H and O–H groups in total. The standard InChI is InChI=1S/C27H32N4O2/c1-20(2)12-15-30-16-13-22(14-17-30)28-27(32)25-19-31(23-9-5-4-6-10-23)29-26(25)21-8-7-11-24(18-21)33-3/h4-12,18-19,22H,13-17H2,1-3H3,(H,28,32). The zero-order valence-corrected chi connectivity index (χ0v) is 19.6. The van der Waals surface area contributed by atoms with Crippen molar-refractivity contribution < 1.29 is 9.53 Å². The lowest BCUT2D eigenvalue weighted by atomic mass is 10.0. The summed E-state index contributed by atoms with van der Waals surface area (Å²) in [7, 11) is 1.64. The molecule has 0 unspecified atom stereocenters. The number of ether oxygens (including phenoxy) is 1. The number of nitrogens with one attached hydrogen (secondary N) is 1. The maximum absolute atomic E-state index is 13.4. The maximum Gasteiger partial charge on any atom is 0.255 e. The van der Waals surface area contributed by atoms with Gasteiger partial charge < -0.3 is 10.1 Å². The van der Waals surface area contributed by atoms with Crippen LogP contribution in [-0.2, 0) is 0 Å². The number of amides is 1. The highest BCUT2D eigenvalue weighted by Crippen LogP contribution is 2.27. The van der Waals surface area contributed by atoms with E-state index < -0.39 is 0 Å². The highest BCUT2D eigenvalue weighted by Gasteiger charge is 2.24. The van der Waals surface area contributed by atoms with Gasteiger partial charge in [0.15, 0.2) is 0 Å². The van der Waals surface area contributed by atoms with E-state index in [0.717, 1.165) is 49.5 Å². The van der Waals surface area contributed by atoms with Crippen molar-refractivity contribution in [2.45, 2.75) is 32.7 Å². The van der Waals surface area contributed by atoms with Crippen molar-refractivity contribution in [1.29, 1.82) is 0 Å². The normalized spacial score (nSPS) is 14.6. The summed E-state index contributed by atoms with van der Waals surface area (Å²) in [5.74, 6) is 0.648. The van der Waals surface area contributed by atoms with Crippen LogP contribution in [0, 0.1) is 0 Å².